The van der Waals surface area contributed by atoms with Crippen LogP contribution in [-0.2, 0) is 34.6 Å². The maximum atomic E-state index is 14.2. The van der Waals surface area contributed by atoms with Crippen molar-refractivity contribution in [3.63, 3.8) is 0 Å². The van der Waals surface area contributed by atoms with Crippen molar-refractivity contribution in [3.05, 3.63) is 65.5 Å². The van der Waals surface area contributed by atoms with Crippen molar-refractivity contribution in [3.8, 4) is 11.5 Å². The number of nitrogens with one attached hydrogen (secondary N) is 1. The zero-order valence-corrected chi connectivity index (χ0v) is 22.8. The smallest absolute Gasteiger partial charge is 0.416 e. The van der Waals surface area contributed by atoms with Crippen LogP contribution in [0.15, 0.2) is 48.7 Å². The van der Waals surface area contributed by atoms with Gasteiger partial charge in [0.05, 0.1) is 40.0 Å². The summed E-state index contributed by atoms with van der Waals surface area (Å²) in [6.45, 7) is 3.87. The van der Waals surface area contributed by atoms with E-state index in [0.717, 1.165) is 6.07 Å². The number of ether oxygens (including phenoxy) is 1. The first kappa shape index (κ1) is 28.1. The van der Waals surface area contributed by atoms with Gasteiger partial charge in [0.15, 0.2) is 0 Å². The van der Waals surface area contributed by atoms with E-state index in [1.807, 2.05) is 0 Å². The molecule has 1 aliphatic heterocycles. The molecule has 0 atom stereocenters. The largest absolute Gasteiger partial charge is 0.457 e. The number of anilines is 3. The number of aryl methyl sites for hydroxylation is 1. The minimum atomic E-state index is -4.72. The van der Waals surface area contributed by atoms with Gasteiger partial charge in [-0.3, -0.25) is 14.6 Å². The zero-order valence-electron chi connectivity index (χ0n) is 22.8. The molecule has 0 saturated carbocycles. The third-order valence-corrected chi connectivity index (χ3v) is 7.00. The van der Waals surface area contributed by atoms with E-state index in [9.17, 15) is 27.9 Å². The zero-order chi connectivity index (χ0) is 29.7. The molecule has 4 aromatic rings. The molecule has 0 unspecified atom stereocenters. The lowest BCUT2D eigenvalue weighted by atomic mass is 9.82. The van der Waals surface area contributed by atoms with Crippen LogP contribution in [0.2, 0.25) is 0 Å². The maximum absolute atomic E-state index is 14.2. The molecule has 2 aromatic heterocycles. The highest BCUT2D eigenvalue weighted by Crippen LogP contribution is 2.49. The predicted octanol–water partition coefficient (Wildman–Crippen LogP) is 5.27. The SMILES string of the molecule is CC(=O)Cc1cc(Oc2ccc3nc(Nc4cc5c(c(C(F)(F)F)c4)C(C)(C)C(=O)N5CCO)n(C)c3c2)ccn1. The molecule has 1 aliphatic rings. The fourth-order valence-corrected chi connectivity index (χ4v) is 5.15. The number of pyridine rings is 1. The van der Waals surface area contributed by atoms with Gasteiger partial charge in [-0.15, -0.1) is 0 Å². The fraction of sp³-hybridized carbons (Fsp3) is 0.310. The summed E-state index contributed by atoms with van der Waals surface area (Å²) < 4.78 is 50.4. The Balaban J connectivity index is 1.50. The molecule has 0 aliphatic carbocycles. The van der Waals surface area contributed by atoms with Gasteiger partial charge in [-0.05, 0) is 51.1 Å². The van der Waals surface area contributed by atoms with Crippen molar-refractivity contribution in [2.75, 3.05) is 23.4 Å². The van der Waals surface area contributed by atoms with Crippen molar-refractivity contribution >= 4 is 40.0 Å². The van der Waals surface area contributed by atoms with E-state index in [2.05, 4.69) is 15.3 Å². The molecule has 214 valence electrons. The van der Waals surface area contributed by atoms with Crippen molar-refractivity contribution in [2.45, 2.75) is 38.8 Å². The monoisotopic (exact) mass is 567 g/mol. The molecule has 5 rings (SSSR count). The number of rotatable bonds is 8. The van der Waals surface area contributed by atoms with Gasteiger partial charge in [0.1, 0.15) is 17.3 Å². The topological polar surface area (TPSA) is 110 Å². The van der Waals surface area contributed by atoms with Crippen LogP contribution in [0.4, 0.5) is 30.5 Å². The van der Waals surface area contributed by atoms with E-state index in [0.29, 0.717) is 28.2 Å². The minimum absolute atomic E-state index is 0.0203. The second kappa shape index (κ2) is 10.2. The number of benzene rings is 2. The van der Waals surface area contributed by atoms with Crippen LogP contribution in [0.1, 0.15) is 37.6 Å². The molecule has 41 heavy (non-hydrogen) atoms. The van der Waals surface area contributed by atoms with E-state index in [4.69, 9.17) is 4.74 Å². The molecule has 0 bridgehead atoms. The Hall–Kier alpha value is -4.45. The number of halogens is 3. The van der Waals surface area contributed by atoms with Crippen molar-refractivity contribution in [1.29, 1.82) is 0 Å². The number of amides is 1. The number of aliphatic hydroxyl groups excluding tert-OH is 1. The average Bonchev–Trinajstić information content (AvgIpc) is 3.29. The standard InChI is InChI=1S/C29H28F3N5O4/c1-16(39)11-17-12-20(7-8-33-17)41-19-5-6-22-23(15-19)36(4)27(35-22)34-18-13-21(29(30,31)32)25-24(14-18)37(9-10-38)26(40)28(25,2)3/h5-8,12-15,38H,9-11H2,1-4H3,(H,34,35). The summed E-state index contributed by atoms with van der Waals surface area (Å²) in [6, 6.07) is 11.0. The molecular formula is C29H28F3N5O4. The lowest BCUT2D eigenvalue weighted by Gasteiger charge is -2.21. The molecule has 0 spiro atoms. The van der Waals surface area contributed by atoms with E-state index >= 15 is 0 Å². The van der Waals surface area contributed by atoms with Gasteiger partial charge in [-0.2, -0.15) is 13.2 Å². The number of carbonyl (C=O) groups excluding carboxylic acids is 2. The van der Waals surface area contributed by atoms with E-state index in [1.165, 1.54) is 31.7 Å². The third-order valence-electron chi connectivity index (χ3n) is 7.00. The Bertz CT molecular complexity index is 1680. The van der Waals surface area contributed by atoms with Crippen LogP contribution in [-0.4, -0.2) is 44.5 Å². The first-order valence-corrected chi connectivity index (χ1v) is 12.8. The summed E-state index contributed by atoms with van der Waals surface area (Å²) in [7, 11) is 1.71. The van der Waals surface area contributed by atoms with E-state index in [-0.39, 0.29) is 41.6 Å². The highest BCUT2D eigenvalue weighted by atomic mass is 19.4. The van der Waals surface area contributed by atoms with Crippen LogP contribution >= 0.6 is 0 Å². The summed E-state index contributed by atoms with van der Waals surface area (Å²) in [5.74, 6) is 0.730. The summed E-state index contributed by atoms with van der Waals surface area (Å²) in [4.78, 5) is 34.3. The predicted molar refractivity (Wildman–Crippen MR) is 147 cm³/mol. The lowest BCUT2D eigenvalue weighted by Crippen LogP contribution is -2.38. The number of aliphatic hydroxyl groups is 1. The Morgan fingerprint density at radius 1 is 1.12 bits per heavy atom. The number of ketones is 1. The van der Waals surface area contributed by atoms with Gasteiger partial charge < -0.3 is 24.6 Å². The molecule has 2 aromatic carbocycles. The molecule has 0 fully saturated rings. The number of hydrogen-bond acceptors (Lipinski definition) is 7. The summed E-state index contributed by atoms with van der Waals surface area (Å²) in [5, 5.41) is 12.5. The maximum Gasteiger partial charge on any atom is 0.416 e. The molecule has 0 radical (unpaired) electrons. The van der Waals surface area contributed by atoms with Gasteiger partial charge >= 0.3 is 6.18 Å². The van der Waals surface area contributed by atoms with Crippen LogP contribution < -0.4 is 15.0 Å². The van der Waals surface area contributed by atoms with Crippen LogP contribution in [0.3, 0.4) is 0 Å². The van der Waals surface area contributed by atoms with E-state index < -0.39 is 29.7 Å². The number of imidazole rings is 1. The number of Topliss-reactive ketones (excluding diaryl/α,β-unsaturated/α-hetero) is 1. The number of nitrogens with zero attached hydrogens (tertiary/aromatic N) is 4. The first-order valence-electron chi connectivity index (χ1n) is 12.8. The van der Waals surface area contributed by atoms with Gasteiger partial charge in [0.2, 0.25) is 11.9 Å². The second-order valence-electron chi connectivity index (χ2n) is 10.5. The molecule has 3 heterocycles. The van der Waals surface area contributed by atoms with Crippen LogP contribution in [0.5, 0.6) is 11.5 Å². The van der Waals surface area contributed by atoms with Crippen LogP contribution in [0.25, 0.3) is 11.0 Å². The molecule has 12 heteroatoms. The number of aromatic nitrogens is 3. The van der Waals surface area contributed by atoms with Crippen molar-refractivity contribution in [1.82, 2.24) is 14.5 Å². The highest BCUT2D eigenvalue weighted by Gasteiger charge is 2.50. The van der Waals surface area contributed by atoms with Crippen molar-refractivity contribution < 1.29 is 32.6 Å². The second-order valence-corrected chi connectivity index (χ2v) is 10.5. The molecule has 9 nitrogen and oxygen atoms in total. The molecule has 1 amide bonds. The summed E-state index contributed by atoms with van der Waals surface area (Å²) >= 11 is 0. The normalized spacial score (nSPS) is 14.4. The third kappa shape index (κ3) is 5.22. The fourth-order valence-electron chi connectivity index (χ4n) is 5.15. The van der Waals surface area contributed by atoms with Gasteiger partial charge in [-0.1, -0.05) is 0 Å². The average molecular weight is 568 g/mol. The van der Waals surface area contributed by atoms with E-state index in [1.54, 1.807) is 48.1 Å². The van der Waals surface area contributed by atoms with Gasteiger partial charge in [0.25, 0.3) is 0 Å². The first-order chi connectivity index (χ1) is 19.3. The minimum Gasteiger partial charge on any atom is -0.457 e. The number of hydrogen-bond donors (Lipinski definition) is 2. The number of fused-ring (bicyclic) bond motifs is 2. The summed E-state index contributed by atoms with van der Waals surface area (Å²) in [5.41, 5.74) is -0.460. The lowest BCUT2D eigenvalue weighted by molar-refractivity contribution is -0.138. The quantitative estimate of drug-likeness (QED) is 0.299. The highest BCUT2D eigenvalue weighted by molar-refractivity contribution is 6.08. The van der Waals surface area contributed by atoms with Crippen LogP contribution in [0, 0.1) is 0 Å². The number of β-amino-alcohol motifs (C(OH)–C–C–N with tert-alkyl or cyclic N) is 1. The van der Waals surface area contributed by atoms with Crippen molar-refractivity contribution in [2.24, 2.45) is 7.05 Å². The Morgan fingerprint density at radius 2 is 1.85 bits per heavy atom. The Labute approximate surface area is 233 Å². The van der Waals surface area contributed by atoms with Gasteiger partial charge in [0, 0.05) is 49.6 Å². The summed E-state index contributed by atoms with van der Waals surface area (Å²) in [6.07, 6.45) is -2.97. The molecular weight excluding hydrogens is 539 g/mol. The molecule has 2 N–H and O–H groups in total. The Morgan fingerprint density at radius 3 is 2.54 bits per heavy atom. The number of carbonyl (C=O) groups is 2. The van der Waals surface area contributed by atoms with Gasteiger partial charge in [-0.25, -0.2) is 4.98 Å². The number of alkyl halides is 3. The molecule has 0 saturated heterocycles. The Kier molecular flexibility index (Phi) is 6.98.